The summed E-state index contributed by atoms with van der Waals surface area (Å²) in [6.07, 6.45) is -4.86. The van der Waals surface area contributed by atoms with Gasteiger partial charge in [0.1, 0.15) is 0 Å². The van der Waals surface area contributed by atoms with E-state index in [0.29, 0.717) is 6.07 Å². The van der Waals surface area contributed by atoms with Crippen molar-refractivity contribution in [3.63, 3.8) is 0 Å². The van der Waals surface area contributed by atoms with Crippen LogP contribution in [0, 0.1) is 0 Å². The van der Waals surface area contributed by atoms with Crippen LogP contribution in [0.5, 0.6) is 0 Å². The summed E-state index contributed by atoms with van der Waals surface area (Å²) < 4.78 is 64.1. The number of nitrogens with zero attached hydrogens (tertiary/aromatic N) is 1. The van der Waals surface area contributed by atoms with E-state index in [-0.39, 0.29) is 12.0 Å². The number of hydrogen-bond acceptors (Lipinski definition) is 3. The molecule has 10 heteroatoms. The summed E-state index contributed by atoms with van der Waals surface area (Å²) in [5, 5.41) is 0. The second kappa shape index (κ2) is 6.66. The number of aliphatic imine (C=N–C) groups is 1. The van der Waals surface area contributed by atoms with Crippen LogP contribution in [0.3, 0.4) is 0 Å². The fraction of sp³-hybridized carbons (Fsp3) is 0.467. The van der Waals surface area contributed by atoms with Gasteiger partial charge in [-0.3, -0.25) is 4.79 Å². The van der Waals surface area contributed by atoms with Gasteiger partial charge in [0.15, 0.2) is 15.8 Å². The van der Waals surface area contributed by atoms with Gasteiger partial charge in [-0.25, -0.2) is 8.42 Å². The Morgan fingerprint density at radius 2 is 1.68 bits per heavy atom. The lowest BCUT2D eigenvalue weighted by atomic mass is 10.0. The van der Waals surface area contributed by atoms with Gasteiger partial charge >= 0.3 is 6.18 Å². The Morgan fingerprint density at radius 3 is 2.04 bits per heavy atom. The van der Waals surface area contributed by atoms with Gasteiger partial charge in [0.25, 0.3) is 5.91 Å². The SMILES string of the molecule is CCc1cc(S(=O)(=O)C(C)(C)C)c(C(F)(F)F)cc1C(=O)N=C(N)N. The van der Waals surface area contributed by atoms with Crippen molar-refractivity contribution >= 4 is 21.7 Å². The summed E-state index contributed by atoms with van der Waals surface area (Å²) in [6.45, 7) is 5.47. The van der Waals surface area contributed by atoms with Crippen LogP contribution in [-0.4, -0.2) is 25.0 Å². The first-order valence-corrected chi connectivity index (χ1v) is 8.74. The number of aryl methyl sites for hydroxylation is 1. The average molecular weight is 379 g/mol. The summed E-state index contributed by atoms with van der Waals surface area (Å²) in [4.78, 5) is 14.4. The van der Waals surface area contributed by atoms with Gasteiger partial charge < -0.3 is 11.5 Å². The predicted octanol–water partition coefficient (Wildman–Crippen LogP) is 2.25. The van der Waals surface area contributed by atoms with Gasteiger partial charge in [0, 0.05) is 5.56 Å². The molecular weight excluding hydrogens is 359 g/mol. The Morgan fingerprint density at radius 1 is 1.16 bits per heavy atom. The van der Waals surface area contributed by atoms with E-state index >= 15 is 0 Å². The molecule has 25 heavy (non-hydrogen) atoms. The molecule has 0 unspecified atom stereocenters. The van der Waals surface area contributed by atoms with E-state index in [0.717, 1.165) is 6.07 Å². The molecule has 1 aromatic rings. The van der Waals surface area contributed by atoms with Crippen molar-refractivity contribution < 1.29 is 26.4 Å². The van der Waals surface area contributed by atoms with Crippen LogP contribution in [-0.2, 0) is 22.4 Å². The maximum absolute atomic E-state index is 13.4. The Balaban J connectivity index is 3.90. The standard InChI is InChI=1S/C15H20F3N3O3S/c1-5-8-6-11(25(23,24)14(2,3)4)10(15(16,17)18)7-9(8)12(22)21-13(19)20/h6-7H,5H2,1-4H3,(H4,19,20,21,22). The summed E-state index contributed by atoms with van der Waals surface area (Å²) >= 11 is 0. The van der Waals surface area contributed by atoms with E-state index in [1.165, 1.54) is 20.8 Å². The molecule has 0 atom stereocenters. The van der Waals surface area contributed by atoms with Gasteiger partial charge in [-0.15, -0.1) is 0 Å². The van der Waals surface area contributed by atoms with E-state index in [4.69, 9.17) is 11.5 Å². The fourth-order valence-corrected chi connectivity index (χ4v) is 3.49. The van der Waals surface area contributed by atoms with Crippen LogP contribution in [0.2, 0.25) is 0 Å². The van der Waals surface area contributed by atoms with Crippen molar-refractivity contribution in [3.8, 4) is 0 Å². The number of carbonyl (C=O) groups excluding carboxylic acids is 1. The molecule has 1 amide bonds. The zero-order chi connectivity index (χ0) is 19.8. The molecule has 1 rings (SSSR count). The highest BCUT2D eigenvalue weighted by molar-refractivity contribution is 7.92. The van der Waals surface area contributed by atoms with Crippen molar-refractivity contribution in [3.05, 3.63) is 28.8 Å². The molecule has 0 saturated carbocycles. The third kappa shape index (κ3) is 4.30. The molecule has 6 nitrogen and oxygen atoms in total. The molecule has 0 aromatic heterocycles. The van der Waals surface area contributed by atoms with Crippen LogP contribution in [0.1, 0.15) is 49.2 Å². The summed E-state index contributed by atoms with van der Waals surface area (Å²) in [6, 6.07) is 1.37. The second-order valence-corrected chi connectivity index (χ2v) is 8.99. The number of benzene rings is 1. The van der Waals surface area contributed by atoms with Crippen LogP contribution >= 0.6 is 0 Å². The fourth-order valence-electron chi connectivity index (χ4n) is 2.06. The van der Waals surface area contributed by atoms with Crippen molar-refractivity contribution in [2.24, 2.45) is 16.5 Å². The minimum absolute atomic E-state index is 0.103. The number of rotatable bonds is 3. The first-order valence-electron chi connectivity index (χ1n) is 7.25. The number of sulfone groups is 1. The van der Waals surface area contributed by atoms with Gasteiger partial charge in [0.2, 0.25) is 0 Å². The minimum Gasteiger partial charge on any atom is -0.370 e. The average Bonchev–Trinajstić information content (AvgIpc) is 2.42. The number of halogens is 3. The van der Waals surface area contributed by atoms with Gasteiger partial charge in [-0.2, -0.15) is 18.2 Å². The highest BCUT2D eigenvalue weighted by Gasteiger charge is 2.42. The van der Waals surface area contributed by atoms with E-state index in [9.17, 15) is 26.4 Å². The lowest BCUT2D eigenvalue weighted by Crippen LogP contribution is -2.30. The molecule has 4 N–H and O–H groups in total. The topological polar surface area (TPSA) is 116 Å². The summed E-state index contributed by atoms with van der Waals surface area (Å²) in [5.41, 5.74) is 8.47. The first-order chi connectivity index (χ1) is 11.1. The molecule has 0 aliphatic heterocycles. The quantitative estimate of drug-likeness (QED) is 0.617. The summed E-state index contributed by atoms with van der Waals surface area (Å²) in [5.74, 6) is -1.67. The van der Waals surface area contributed by atoms with Crippen LogP contribution in [0.4, 0.5) is 13.2 Å². The molecule has 0 spiro atoms. The molecule has 1 aromatic carbocycles. The number of alkyl halides is 3. The molecule has 0 bridgehead atoms. The first kappa shape index (κ1) is 20.9. The number of hydrogen-bond donors (Lipinski definition) is 2. The minimum atomic E-state index is -4.98. The Hall–Kier alpha value is -2.10. The number of amides is 1. The predicted molar refractivity (Wildman–Crippen MR) is 87.9 cm³/mol. The van der Waals surface area contributed by atoms with E-state index < -0.39 is 48.6 Å². The van der Waals surface area contributed by atoms with E-state index in [1.807, 2.05) is 0 Å². The zero-order valence-electron chi connectivity index (χ0n) is 14.2. The highest BCUT2D eigenvalue weighted by atomic mass is 32.2. The number of guanidine groups is 1. The zero-order valence-corrected chi connectivity index (χ0v) is 15.0. The lowest BCUT2D eigenvalue weighted by molar-refractivity contribution is -0.139. The Kier molecular flexibility index (Phi) is 5.58. The second-order valence-electron chi connectivity index (χ2n) is 6.31. The largest absolute Gasteiger partial charge is 0.417 e. The molecule has 0 aliphatic rings. The third-order valence-electron chi connectivity index (χ3n) is 3.45. The Labute approximate surface area is 144 Å². The molecule has 0 saturated heterocycles. The maximum atomic E-state index is 13.4. The smallest absolute Gasteiger partial charge is 0.370 e. The monoisotopic (exact) mass is 379 g/mol. The van der Waals surface area contributed by atoms with Gasteiger partial charge in [-0.05, 0) is 44.9 Å². The van der Waals surface area contributed by atoms with E-state index in [1.54, 1.807) is 6.92 Å². The third-order valence-corrected chi connectivity index (χ3v) is 5.98. The molecule has 140 valence electrons. The number of carbonyl (C=O) groups is 1. The molecule has 0 radical (unpaired) electrons. The molecular formula is C15H20F3N3O3S. The van der Waals surface area contributed by atoms with Crippen LogP contribution < -0.4 is 11.5 Å². The van der Waals surface area contributed by atoms with Crippen LogP contribution in [0.25, 0.3) is 0 Å². The maximum Gasteiger partial charge on any atom is 0.417 e. The molecule has 0 fully saturated rings. The van der Waals surface area contributed by atoms with Crippen LogP contribution in [0.15, 0.2) is 22.0 Å². The highest BCUT2D eigenvalue weighted by Crippen LogP contribution is 2.39. The van der Waals surface area contributed by atoms with E-state index in [2.05, 4.69) is 4.99 Å². The lowest BCUT2D eigenvalue weighted by Gasteiger charge is -2.23. The summed E-state index contributed by atoms with van der Waals surface area (Å²) in [7, 11) is -4.30. The van der Waals surface area contributed by atoms with Crippen molar-refractivity contribution in [2.45, 2.75) is 49.9 Å². The molecule has 0 heterocycles. The number of nitrogens with two attached hydrogens (primary N) is 2. The van der Waals surface area contributed by atoms with Crippen molar-refractivity contribution in [1.82, 2.24) is 0 Å². The Bertz CT molecular complexity index is 819. The van der Waals surface area contributed by atoms with Crippen molar-refractivity contribution in [2.75, 3.05) is 0 Å². The normalized spacial score (nSPS) is 12.8. The van der Waals surface area contributed by atoms with Gasteiger partial charge in [0.05, 0.1) is 15.2 Å². The van der Waals surface area contributed by atoms with Crippen molar-refractivity contribution in [1.29, 1.82) is 0 Å². The van der Waals surface area contributed by atoms with Gasteiger partial charge in [-0.1, -0.05) is 6.92 Å². The molecule has 0 aliphatic carbocycles.